The molecule has 0 amide bonds. The maximum atomic E-state index is 5.64. The smallest absolute Gasteiger partial charge is 0.174 e. The van der Waals surface area contributed by atoms with Gasteiger partial charge in [-0.3, -0.25) is 4.68 Å². The Bertz CT molecular complexity index is 557. The highest BCUT2D eigenvalue weighted by Gasteiger charge is 2.20. The zero-order chi connectivity index (χ0) is 13.9. The molecule has 1 aliphatic rings. The zero-order valence-electron chi connectivity index (χ0n) is 11.9. The Morgan fingerprint density at radius 2 is 2.35 bits per heavy atom. The molecule has 20 heavy (non-hydrogen) atoms. The summed E-state index contributed by atoms with van der Waals surface area (Å²) in [5, 5.41) is 11.6. The SMILES string of the molecule is CC(C)n1cc(OCc2cc(CNC3CC3)no2)cn1. The van der Waals surface area contributed by atoms with E-state index in [0.717, 1.165) is 23.7 Å². The van der Waals surface area contributed by atoms with Crippen molar-refractivity contribution >= 4 is 0 Å². The summed E-state index contributed by atoms with van der Waals surface area (Å²) in [5.74, 6) is 1.47. The largest absolute Gasteiger partial charge is 0.482 e. The predicted molar refractivity (Wildman–Crippen MR) is 73.3 cm³/mol. The van der Waals surface area contributed by atoms with Gasteiger partial charge in [-0.2, -0.15) is 5.10 Å². The first-order valence-electron chi connectivity index (χ1n) is 7.05. The standard InChI is InChI=1S/C14H20N4O2/c1-10(2)18-8-14(7-16-18)19-9-13-5-12(17-20-13)6-15-11-3-4-11/h5,7-8,10-11,15H,3-4,6,9H2,1-2H3. The van der Waals surface area contributed by atoms with Crippen LogP contribution in [0.15, 0.2) is 23.0 Å². The molecule has 0 saturated heterocycles. The summed E-state index contributed by atoms with van der Waals surface area (Å²) < 4.78 is 12.7. The molecule has 0 spiro atoms. The molecule has 1 fully saturated rings. The third-order valence-electron chi connectivity index (χ3n) is 3.24. The van der Waals surface area contributed by atoms with Crippen molar-refractivity contribution < 1.29 is 9.26 Å². The number of nitrogens with one attached hydrogen (secondary N) is 1. The Hall–Kier alpha value is -1.82. The number of rotatable bonds is 7. The number of aromatic nitrogens is 3. The number of nitrogens with zero attached hydrogens (tertiary/aromatic N) is 3. The van der Waals surface area contributed by atoms with Gasteiger partial charge in [0.25, 0.3) is 0 Å². The normalized spacial score (nSPS) is 14.9. The van der Waals surface area contributed by atoms with Crippen LogP contribution in [-0.2, 0) is 13.2 Å². The summed E-state index contributed by atoms with van der Waals surface area (Å²) in [6.45, 7) is 5.29. The summed E-state index contributed by atoms with van der Waals surface area (Å²) in [6, 6.07) is 2.94. The van der Waals surface area contributed by atoms with E-state index in [1.54, 1.807) is 6.20 Å². The Labute approximate surface area is 118 Å². The van der Waals surface area contributed by atoms with E-state index < -0.39 is 0 Å². The highest BCUT2D eigenvalue weighted by Crippen LogP contribution is 2.19. The number of hydrogen-bond donors (Lipinski definition) is 1. The Morgan fingerprint density at radius 1 is 1.50 bits per heavy atom. The second-order valence-corrected chi connectivity index (χ2v) is 5.48. The number of hydrogen-bond acceptors (Lipinski definition) is 5. The van der Waals surface area contributed by atoms with E-state index in [1.807, 2.05) is 16.9 Å². The lowest BCUT2D eigenvalue weighted by Crippen LogP contribution is -2.15. The van der Waals surface area contributed by atoms with Gasteiger partial charge in [0.15, 0.2) is 11.5 Å². The van der Waals surface area contributed by atoms with Gasteiger partial charge in [-0.1, -0.05) is 5.16 Å². The molecule has 6 nitrogen and oxygen atoms in total. The van der Waals surface area contributed by atoms with E-state index in [0.29, 0.717) is 18.7 Å². The van der Waals surface area contributed by atoms with Gasteiger partial charge in [-0.25, -0.2) is 0 Å². The molecule has 0 aliphatic heterocycles. The predicted octanol–water partition coefficient (Wildman–Crippen LogP) is 2.28. The van der Waals surface area contributed by atoms with Crippen LogP contribution < -0.4 is 10.1 Å². The van der Waals surface area contributed by atoms with Crippen LogP contribution in [0.3, 0.4) is 0 Å². The highest BCUT2D eigenvalue weighted by atomic mass is 16.5. The topological polar surface area (TPSA) is 65.1 Å². The monoisotopic (exact) mass is 276 g/mol. The highest BCUT2D eigenvalue weighted by molar-refractivity contribution is 5.13. The minimum Gasteiger partial charge on any atom is -0.482 e. The van der Waals surface area contributed by atoms with Gasteiger partial charge in [0, 0.05) is 24.7 Å². The van der Waals surface area contributed by atoms with Gasteiger partial charge >= 0.3 is 0 Å². The molecule has 1 aliphatic carbocycles. The van der Waals surface area contributed by atoms with E-state index in [1.165, 1.54) is 12.8 Å². The molecule has 1 saturated carbocycles. The lowest BCUT2D eigenvalue weighted by atomic mass is 10.3. The first kappa shape index (κ1) is 13.2. The average Bonchev–Trinajstić information content (AvgIpc) is 2.96. The van der Waals surface area contributed by atoms with Gasteiger partial charge in [-0.15, -0.1) is 0 Å². The van der Waals surface area contributed by atoms with Crippen LogP contribution in [0.5, 0.6) is 5.75 Å². The summed E-state index contributed by atoms with van der Waals surface area (Å²) in [6.07, 6.45) is 6.14. The average molecular weight is 276 g/mol. The molecule has 6 heteroatoms. The Kier molecular flexibility index (Phi) is 3.73. The van der Waals surface area contributed by atoms with Gasteiger partial charge in [0.2, 0.25) is 0 Å². The van der Waals surface area contributed by atoms with Crippen LogP contribution in [-0.4, -0.2) is 21.0 Å². The van der Waals surface area contributed by atoms with Crippen molar-refractivity contribution in [2.45, 2.75) is 51.9 Å². The minimum atomic E-state index is 0.331. The fourth-order valence-corrected chi connectivity index (χ4v) is 1.88. The molecule has 2 aromatic heterocycles. The molecule has 0 unspecified atom stereocenters. The van der Waals surface area contributed by atoms with Crippen molar-refractivity contribution in [1.82, 2.24) is 20.3 Å². The van der Waals surface area contributed by atoms with Crippen LogP contribution in [0.4, 0.5) is 0 Å². The quantitative estimate of drug-likeness (QED) is 0.840. The maximum Gasteiger partial charge on any atom is 0.174 e. The summed E-state index contributed by atoms with van der Waals surface area (Å²) in [7, 11) is 0. The molecule has 3 rings (SSSR count). The Morgan fingerprint density at radius 3 is 3.05 bits per heavy atom. The van der Waals surface area contributed by atoms with Crippen molar-refractivity contribution in [2.24, 2.45) is 0 Å². The first-order chi connectivity index (χ1) is 9.70. The first-order valence-corrected chi connectivity index (χ1v) is 7.05. The van der Waals surface area contributed by atoms with Crippen LogP contribution in [0.25, 0.3) is 0 Å². The number of ether oxygens (including phenoxy) is 1. The van der Waals surface area contributed by atoms with E-state index in [2.05, 4.69) is 29.4 Å². The fraction of sp³-hybridized carbons (Fsp3) is 0.571. The molecule has 0 radical (unpaired) electrons. The van der Waals surface area contributed by atoms with Gasteiger partial charge in [0.05, 0.1) is 18.1 Å². The van der Waals surface area contributed by atoms with E-state index in [9.17, 15) is 0 Å². The summed E-state index contributed by atoms with van der Waals surface area (Å²) >= 11 is 0. The van der Waals surface area contributed by atoms with Crippen LogP contribution >= 0.6 is 0 Å². The van der Waals surface area contributed by atoms with Crippen LogP contribution in [0.1, 0.15) is 44.2 Å². The molecule has 0 atom stereocenters. The molecule has 1 N–H and O–H groups in total. The summed E-state index contributed by atoms with van der Waals surface area (Å²) in [5.41, 5.74) is 0.924. The van der Waals surface area contributed by atoms with Crippen molar-refractivity contribution in [3.63, 3.8) is 0 Å². The van der Waals surface area contributed by atoms with Gasteiger partial charge in [0.1, 0.15) is 6.61 Å². The van der Waals surface area contributed by atoms with Gasteiger partial charge in [-0.05, 0) is 26.7 Å². The lowest BCUT2D eigenvalue weighted by molar-refractivity contribution is 0.248. The minimum absolute atomic E-state index is 0.331. The van der Waals surface area contributed by atoms with Gasteiger partial charge < -0.3 is 14.6 Å². The van der Waals surface area contributed by atoms with Crippen molar-refractivity contribution in [3.8, 4) is 5.75 Å². The molecule has 2 heterocycles. The summed E-state index contributed by atoms with van der Waals surface area (Å²) in [4.78, 5) is 0. The zero-order valence-corrected chi connectivity index (χ0v) is 11.9. The van der Waals surface area contributed by atoms with E-state index >= 15 is 0 Å². The van der Waals surface area contributed by atoms with E-state index in [-0.39, 0.29) is 0 Å². The molecule has 2 aromatic rings. The molecular weight excluding hydrogens is 256 g/mol. The molecule has 0 bridgehead atoms. The fourth-order valence-electron chi connectivity index (χ4n) is 1.88. The second kappa shape index (κ2) is 5.66. The molecular formula is C14H20N4O2. The molecule has 0 aromatic carbocycles. The van der Waals surface area contributed by atoms with Crippen molar-refractivity contribution in [3.05, 3.63) is 29.9 Å². The maximum absolute atomic E-state index is 5.64. The van der Waals surface area contributed by atoms with Crippen LogP contribution in [0.2, 0.25) is 0 Å². The second-order valence-electron chi connectivity index (χ2n) is 5.48. The van der Waals surface area contributed by atoms with Crippen molar-refractivity contribution in [2.75, 3.05) is 0 Å². The Balaban J connectivity index is 1.49. The van der Waals surface area contributed by atoms with Crippen molar-refractivity contribution in [1.29, 1.82) is 0 Å². The lowest BCUT2D eigenvalue weighted by Gasteiger charge is -2.03. The van der Waals surface area contributed by atoms with E-state index in [4.69, 9.17) is 9.26 Å². The molecule has 108 valence electrons. The third kappa shape index (κ3) is 3.39. The third-order valence-corrected chi connectivity index (χ3v) is 3.24. The van der Waals surface area contributed by atoms with Crippen LogP contribution in [0, 0.1) is 0 Å².